The highest BCUT2D eigenvalue weighted by molar-refractivity contribution is 9.10. The molecule has 16 heavy (non-hydrogen) atoms. The molecule has 0 aromatic carbocycles. The third kappa shape index (κ3) is 2.66. The molecule has 0 atom stereocenters. The zero-order chi connectivity index (χ0) is 11.5. The number of nitrogens with one attached hydrogen (secondary N) is 1. The van der Waals surface area contributed by atoms with Gasteiger partial charge in [0.05, 0.1) is 6.20 Å². The quantitative estimate of drug-likeness (QED) is 0.832. The minimum absolute atomic E-state index is 0.107. The molecule has 6 nitrogen and oxygen atoms in total. The summed E-state index contributed by atoms with van der Waals surface area (Å²) in [7, 11) is 0. The molecular weight excluding hydrogens is 299 g/mol. The van der Waals surface area contributed by atoms with Crippen LogP contribution in [0, 0.1) is 0 Å². The van der Waals surface area contributed by atoms with Crippen LogP contribution in [-0.4, -0.2) is 46.9 Å². The maximum Gasteiger partial charge on any atom is 0.434 e. The maximum absolute atomic E-state index is 11.7. The second-order valence-electron chi connectivity index (χ2n) is 3.25. The highest BCUT2D eigenvalue weighted by atomic mass is 79.9. The van der Waals surface area contributed by atoms with E-state index in [0.29, 0.717) is 17.7 Å². The number of aromatic nitrogens is 2. The molecule has 0 saturated carbocycles. The highest BCUT2D eigenvalue weighted by Crippen LogP contribution is 2.12. The smallest absolute Gasteiger partial charge is 0.314 e. The third-order valence-corrected chi connectivity index (χ3v) is 2.79. The summed E-state index contributed by atoms with van der Waals surface area (Å²) in [5.74, 6) is 0. The first kappa shape index (κ1) is 11.7. The number of imidazole rings is 1. The van der Waals surface area contributed by atoms with E-state index in [1.54, 1.807) is 4.90 Å². The molecule has 1 N–H and O–H groups in total. The third-order valence-electron chi connectivity index (χ3n) is 2.16. The molecule has 0 aliphatic carbocycles. The molecule has 1 aliphatic rings. The first-order valence-electron chi connectivity index (χ1n) is 4.75. The second kappa shape index (κ2) is 5.03. The van der Waals surface area contributed by atoms with Gasteiger partial charge in [0.1, 0.15) is 4.60 Å². The molecule has 1 saturated heterocycles. The normalized spacial score (nSPS) is 16.2. The van der Waals surface area contributed by atoms with E-state index in [0.717, 1.165) is 17.8 Å². The highest BCUT2D eigenvalue weighted by Gasteiger charge is 2.19. The van der Waals surface area contributed by atoms with Crippen LogP contribution < -0.4 is 10.2 Å². The number of carbonyl (C=O) groups is 1. The average Bonchev–Trinajstić information content (AvgIpc) is 2.59. The number of hydrogen-bond acceptors (Lipinski definition) is 4. The molecule has 1 aromatic rings. The van der Waals surface area contributed by atoms with Crippen LogP contribution in [0.25, 0.3) is 0 Å². The van der Waals surface area contributed by atoms with Crippen molar-refractivity contribution in [1.29, 1.82) is 0 Å². The molecule has 0 unspecified atom stereocenters. The van der Waals surface area contributed by atoms with Crippen molar-refractivity contribution >= 4 is 33.6 Å². The van der Waals surface area contributed by atoms with E-state index in [9.17, 15) is 4.79 Å². The van der Waals surface area contributed by atoms with E-state index < -0.39 is 6.09 Å². The van der Waals surface area contributed by atoms with Gasteiger partial charge in [0.15, 0.2) is 0 Å². The zero-order valence-electron chi connectivity index (χ0n) is 8.32. The van der Waals surface area contributed by atoms with Crippen LogP contribution in [0.2, 0.25) is 5.28 Å². The van der Waals surface area contributed by atoms with Crippen LogP contribution in [0.4, 0.5) is 4.79 Å². The van der Waals surface area contributed by atoms with Crippen molar-refractivity contribution in [2.24, 2.45) is 0 Å². The summed E-state index contributed by atoms with van der Waals surface area (Å²) in [4.78, 5) is 22.2. The second-order valence-corrected chi connectivity index (χ2v) is 4.40. The number of halogens is 2. The van der Waals surface area contributed by atoms with Gasteiger partial charge in [0.2, 0.25) is 5.28 Å². The fraction of sp³-hybridized carbons (Fsp3) is 0.500. The molecule has 1 aliphatic heterocycles. The van der Waals surface area contributed by atoms with Crippen LogP contribution >= 0.6 is 27.5 Å². The number of nitrogens with zero attached hydrogens (tertiary/aromatic N) is 3. The largest absolute Gasteiger partial charge is 0.434 e. The average molecular weight is 310 g/mol. The Balaban J connectivity index is 1.98. The fourth-order valence-electron chi connectivity index (χ4n) is 1.37. The number of amides is 1. The Labute approximate surface area is 106 Å². The van der Waals surface area contributed by atoms with Gasteiger partial charge in [-0.15, -0.1) is 4.73 Å². The minimum Gasteiger partial charge on any atom is -0.314 e. The van der Waals surface area contributed by atoms with Gasteiger partial charge in [-0.3, -0.25) is 0 Å². The van der Waals surface area contributed by atoms with Crippen molar-refractivity contribution in [1.82, 2.24) is 19.9 Å². The van der Waals surface area contributed by atoms with Crippen LogP contribution in [0.5, 0.6) is 0 Å². The lowest BCUT2D eigenvalue weighted by Gasteiger charge is -2.26. The van der Waals surface area contributed by atoms with Gasteiger partial charge in [-0.05, 0) is 27.5 Å². The van der Waals surface area contributed by atoms with Gasteiger partial charge >= 0.3 is 6.09 Å². The van der Waals surface area contributed by atoms with E-state index in [1.165, 1.54) is 6.20 Å². The first-order chi connectivity index (χ1) is 7.66. The Hall–Kier alpha value is -0.790. The number of rotatable bonds is 1. The predicted octanol–water partition coefficient (Wildman–Crippen LogP) is 0.753. The number of hydrogen-bond donors (Lipinski definition) is 1. The van der Waals surface area contributed by atoms with E-state index in [1.807, 2.05) is 0 Å². The van der Waals surface area contributed by atoms with Gasteiger partial charge in [-0.1, -0.05) is 0 Å². The van der Waals surface area contributed by atoms with Crippen molar-refractivity contribution in [3.05, 3.63) is 16.1 Å². The molecule has 1 aromatic heterocycles. The molecule has 8 heteroatoms. The van der Waals surface area contributed by atoms with E-state index >= 15 is 0 Å². The van der Waals surface area contributed by atoms with Crippen molar-refractivity contribution in [3.63, 3.8) is 0 Å². The Morgan fingerprint density at radius 3 is 2.81 bits per heavy atom. The van der Waals surface area contributed by atoms with Crippen LogP contribution in [0.1, 0.15) is 0 Å². The van der Waals surface area contributed by atoms with Crippen molar-refractivity contribution in [2.45, 2.75) is 0 Å². The number of piperazine rings is 1. The van der Waals surface area contributed by atoms with Gasteiger partial charge in [0.25, 0.3) is 0 Å². The lowest BCUT2D eigenvalue weighted by molar-refractivity contribution is 0.0882. The van der Waals surface area contributed by atoms with Crippen molar-refractivity contribution in [2.75, 3.05) is 26.2 Å². The Morgan fingerprint density at radius 2 is 2.25 bits per heavy atom. The Bertz CT molecular complexity index is 391. The van der Waals surface area contributed by atoms with Gasteiger partial charge in [-0.2, -0.15) is 0 Å². The topological polar surface area (TPSA) is 59.4 Å². The Kier molecular flexibility index (Phi) is 3.67. The molecule has 88 valence electrons. The summed E-state index contributed by atoms with van der Waals surface area (Å²) < 4.78 is 1.65. The summed E-state index contributed by atoms with van der Waals surface area (Å²) >= 11 is 8.88. The molecular formula is C8H10BrClN4O2. The van der Waals surface area contributed by atoms with E-state index in [-0.39, 0.29) is 5.28 Å². The number of carbonyl (C=O) groups excluding carboxylic acids is 1. The molecule has 2 heterocycles. The van der Waals surface area contributed by atoms with Gasteiger partial charge in [0, 0.05) is 26.2 Å². The van der Waals surface area contributed by atoms with Gasteiger partial charge < -0.3 is 15.1 Å². The summed E-state index contributed by atoms with van der Waals surface area (Å²) in [6.07, 6.45) is 1.07. The summed E-state index contributed by atoms with van der Waals surface area (Å²) in [5.41, 5.74) is 0. The SMILES string of the molecule is O=C(On1cc(Br)nc1Cl)N1CCNCC1. The predicted molar refractivity (Wildman–Crippen MR) is 61.4 cm³/mol. The monoisotopic (exact) mass is 308 g/mol. The van der Waals surface area contributed by atoms with Crippen LogP contribution in [0.3, 0.4) is 0 Å². The first-order valence-corrected chi connectivity index (χ1v) is 5.92. The fourth-order valence-corrected chi connectivity index (χ4v) is 2.00. The minimum atomic E-state index is -0.423. The zero-order valence-corrected chi connectivity index (χ0v) is 10.7. The Morgan fingerprint density at radius 1 is 1.56 bits per heavy atom. The van der Waals surface area contributed by atoms with Gasteiger partial charge in [-0.25, -0.2) is 9.78 Å². The van der Waals surface area contributed by atoms with E-state index in [4.69, 9.17) is 16.4 Å². The lowest BCUT2D eigenvalue weighted by Crippen LogP contribution is -2.48. The molecule has 0 spiro atoms. The molecule has 1 fully saturated rings. The molecule has 0 bridgehead atoms. The summed E-state index contributed by atoms with van der Waals surface area (Å²) in [5, 5.41) is 3.25. The van der Waals surface area contributed by atoms with Crippen molar-refractivity contribution < 1.29 is 9.63 Å². The molecule has 1 amide bonds. The van der Waals surface area contributed by atoms with Crippen LogP contribution in [-0.2, 0) is 0 Å². The summed E-state index contributed by atoms with van der Waals surface area (Å²) in [6.45, 7) is 2.81. The lowest BCUT2D eigenvalue weighted by atomic mass is 10.4. The molecule has 0 radical (unpaired) electrons. The summed E-state index contributed by atoms with van der Waals surface area (Å²) in [6, 6.07) is 0. The standard InChI is InChI=1S/C8H10BrClN4O2/c9-6-5-14(7(10)12-6)16-8(15)13-3-1-11-2-4-13/h5,11H,1-4H2. The van der Waals surface area contributed by atoms with E-state index in [2.05, 4.69) is 26.2 Å². The maximum atomic E-state index is 11.7. The van der Waals surface area contributed by atoms with Crippen molar-refractivity contribution in [3.8, 4) is 0 Å². The van der Waals surface area contributed by atoms with Crippen LogP contribution in [0.15, 0.2) is 10.8 Å². The molecule has 2 rings (SSSR count).